The molecule has 4 heteroatoms. The zero-order valence-electron chi connectivity index (χ0n) is 10.0. The van der Waals surface area contributed by atoms with Crippen LogP contribution in [0.2, 0.25) is 0 Å². The minimum atomic E-state index is 0.889. The molecular weight excluding hydrogens is 220 g/mol. The van der Waals surface area contributed by atoms with E-state index in [-0.39, 0.29) is 0 Å². The maximum absolute atomic E-state index is 5.42. The molecule has 0 bridgehead atoms. The van der Waals surface area contributed by atoms with Gasteiger partial charge in [0, 0.05) is 6.54 Å². The zero-order valence-corrected chi connectivity index (χ0v) is 10.9. The maximum atomic E-state index is 5.42. The second kappa shape index (κ2) is 4.29. The normalized spacial score (nSPS) is 10.8. The van der Waals surface area contributed by atoms with Crippen molar-refractivity contribution in [3.8, 4) is 5.75 Å². The number of nitrogens with one attached hydrogen (secondary N) is 1. The molecule has 1 aromatic heterocycles. The predicted octanol–water partition coefficient (Wildman–Crippen LogP) is 3.35. The lowest BCUT2D eigenvalue weighted by Gasteiger charge is -2.06. The highest BCUT2D eigenvalue weighted by molar-refractivity contribution is 7.22. The number of ether oxygens (including phenoxy) is 1. The topological polar surface area (TPSA) is 34.2 Å². The SMILES string of the molecule is CCNc1nc2c(OC)c(C)cc(C)c2s1. The average molecular weight is 236 g/mol. The molecule has 0 aliphatic carbocycles. The summed E-state index contributed by atoms with van der Waals surface area (Å²) in [5, 5.41) is 4.21. The molecule has 16 heavy (non-hydrogen) atoms. The summed E-state index contributed by atoms with van der Waals surface area (Å²) in [5.41, 5.74) is 3.37. The highest BCUT2D eigenvalue weighted by Crippen LogP contribution is 2.36. The molecule has 2 aromatic rings. The first-order valence-corrected chi connectivity index (χ1v) is 6.17. The largest absolute Gasteiger partial charge is 0.494 e. The molecule has 0 aliphatic heterocycles. The highest BCUT2D eigenvalue weighted by Gasteiger charge is 2.13. The van der Waals surface area contributed by atoms with Gasteiger partial charge in [-0.2, -0.15) is 0 Å². The van der Waals surface area contributed by atoms with E-state index >= 15 is 0 Å². The van der Waals surface area contributed by atoms with Crippen LogP contribution < -0.4 is 10.1 Å². The molecule has 0 saturated carbocycles. The molecule has 0 spiro atoms. The van der Waals surface area contributed by atoms with E-state index < -0.39 is 0 Å². The van der Waals surface area contributed by atoms with Gasteiger partial charge < -0.3 is 10.1 Å². The number of methoxy groups -OCH3 is 1. The van der Waals surface area contributed by atoms with Crippen molar-refractivity contribution < 1.29 is 4.74 Å². The summed E-state index contributed by atoms with van der Waals surface area (Å²) in [7, 11) is 1.70. The van der Waals surface area contributed by atoms with Crippen molar-refractivity contribution in [1.29, 1.82) is 0 Å². The van der Waals surface area contributed by atoms with Gasteiger partial charge in [-0.15, -0.1) is 0 Å². The summed E-state index contributed by atoms with van der Waals surface area (Å²) in [6.07, 6.45) is 0. The van der Waals surface area contributed by atoms with Crippen molar-refractivity contribution in [2.45, 2.75) is 20.8 Å². The van der Waals surface area contributed by atoms with Crippen LogP contribution in [0.25, 0.3) is 10.2 Å². The van der Waals surface area contributed by atoms with E-state index in [0.717, 1.165) is 28.5 Å². The molecule has 0 saturated heterocycles. The lowest BCUT2D eigenvalue weighted by molar-refractivity contribution is 0.416. The van der Waals surface area contributed by atoms with Crippen molar-refractivity contribution >= 4 is 26.7 Å². The van der Waals surface area contributed by atoms with E-state index in [1.807, 2.05) is 0 Å². The smallest absolute Gasteiger partial charge is 0.183 e. The number of anilines is 1. The third-order valence-electron chi connectivity index (χ3n) is 2.52. The molecule has 0 radical (unpaired) electrons. The van der Waals surface area contributed by atoms with Crippen LogP contribution >= 0.6 is 11.3 Å². The summed E-state index contributed by atoms with van der Waals surface area (Å²) in [6, 6.07) is 2.15. The van der Waals surface area contributed by atoms with Crippen LogP contribution in [0, 0.1) is 13.8 Å². The fourth-order valence-electron chi connectivity index (χ4n) is 1.87. The van der Waals surface area contributed by atoms with Gasteiger partial charge in [-0.05, 0) is 31.9 Å². The summed E-state index contributed by atoms with van der Waals surface area (Å²) in [4.78, 5) is 4.58. The van der Waals surface area contributed by atoms with Gasteiger partial charge in [-0.3, -0.25) is 0 Å². The van der Waals surface area contributed by atoms with Crippen LogP contribution in [-0.2, 0) is 0 Å². The lowest BCUT2D eigenvalue weighted by Crippen LogP contribution is -1.95. The third-order valence-corrected chi connectivity index (χ3v) is 3.67. The first-order valence-electron chi connectivity index (χ1n) is 5.36. The van der Waals surface area contributed by atoms with Crippen LogP contribution in [0.4, 0.5) is 5.13 Å². The number of hydrogen-bond donors (Lipinski definition) is 1. The summed E-state index contributed by atoms with van der Waals surface area (Å²) >= 11 is 1.68. The van der Waals surface area contributed by atoms with Crippen molar-refractivity contribution in [1.82, 2.24) is 4.98 Å². The number of aryl methyl sites for hydroxylation is 2. The van der Waals surface area contributed by atoms with Gasteiger partial charge in [0.1, 0.15) is 11.3 Å². The predicted molar refractivity (Wildman–Crippen MR) is 69.8 cm³/mol. The van der Waals surface area contributed by atoms with E-state index in [9.17, 15) is 0 Å². The van der Waals surface area contributed by atoms with Gasteiger partial charge in [0.2, 0.25) is 0 Å². The number of aromatic nitrogens is 1. The second-order valence-electron chi connectivity index (χ2n) is 3.77. The van der Waals surface area contributed by atoms with Crippen molar-refractivity contribution in [2.75, 3.05) is 19.0 Å². The van der Waals surface area contributed by atoms with Crippen LogP contribution in [0.5, 0.6) is 5.75 Å². The van der Waals surface area contributed by atoms with Gasteiger partial charge in [0.25, 0.3) is 0 Å². The molecule has 0 atom stereocenters. The minimum absolute atomic E-state index is 0.889. The number of hydrogen-bond acceptors (Lipinski definition) is 4. The van der Waals surface area contributed by atoms with E-state index in [4.69, 9.17) is 4.74 Å². The zero-order chi connectivity index (χ0) is 11.7. The molecule has 2 rings (SSSR count). The molecule has 0 amide bonds. The summed E-state index contributed by atoms with van der Waals surface area (Å²) < 4.78 is 6.63. The number of rotatable bonds is 3. The Labute approximate surface area is 99.5 Å². The van der Waals surface area contributed by atoms with Gasteiger partial charge in [-0.1, -0.05) is 17.4 Å². The first kappa shape index (κ1) is 11.2. The Kier molecular flexibility index (Phi) is 3.01. The summed E-state index contributed by atoms with van der Waals surface area (Å²) in [5.74, 6) is 0.890. The van der Waals surface area contributed by atoms with Crippen molar-refractivity contribution in [3.05, 3.63) is 17.2 Å². The molecule has 0 unspecified atom stereocenters. The fraction of sp³-hybridized carbons (Fsp3) is 0.417. The standard InChI is InChI=1S/C12H16N2OS/c1-5-13-12-14-9-10(15-4)7(2)6-8(3)11(9)16-12/h6H,5H2,1-4H3,(H,13,14). The molecule has 0 aliphatic rings. The van der Waals surface area contributed by atoms with Crippen molar-refractivity contribution in [3.63, 3.8) is 0 Å². The van der Waals surface area contributed by atoms with Crippen LogP contribution in [0.15, 0.2) is 6.07 Å². The maximum Gasteiger partial charge on any atom is 0.183 e. The fourth-order valence-corrected chi connectivity index (χ4v) is 2.87. The number of benzene rings is 1. The lowest BCUT2D eigenvalue weighted by atomic mass is 10.1. The highest BCUT2D eigenvalue weighted by atomic mass is 32.1. The third kappa shape index (κ3) is 1.73. The Morgan fingerprint density at radius 2 is 2.12 bits per heavy atom. The van der Waals surface area contributed by atoms with Crippen LogP contribution in [0.3, 0.4) is 0 Å². The van der Waals surface area contributed by atoms with E-state index in [0.29, 0.717) is 0 Å². The number of thiazole rings is 1. The van der Waals surface area contributed by atoms with E-state index in [2.05, 4.69) is 37.1 Å². The molecule has 1 aromatic carbocycles. The van der Waals surface area contributed by atoms with E-state index in [1.54, 1.807) is 18.4 Å². The Morgan fingerprint density at radius 1 is 1.38 bits per heavy atom. The minimum Gasteiger partial charge on any atom is -0.494 e. The quantitative estimate of drug-likeness (QED) is 0.887. The Bertz CT molecular complexity index is 519. The van der Waals surface area contributed by atoms with Crippen LogP contribution in [0.1, 0.15) is 18.1 Å². The number of nitrogens with zero attached hydrogens (tertiary/aromatic N) is 1. The average Bonchev–Trinajstić information content (AvgIpc) is 2.63. The molecule has 3 nitrogen and oxygen atoms in total. The number of fused-ring (bicyclic) bond motifs is 1. The second-order valence-corrected chi connectivity index (χ2v) is 4.77. The van der Waals surface area contributed by atoms with Gasteiger partial charge in [0.15, 0.2) is 5.13 Å². The van der Waals surface area contributed by atoms with Gasteiger partial charge >= 0.3 is 0 Å². The van der Waals surface area contributed by atoms with Crippen molar-refractivity contribution in [2.24, 2.45) is 0 Å². The van der Waals surface area contributed by atoms with E-state index in [1.165, 1.54) is 10.3 Å². The van der Waals surface area contributed by atoms with Gasteiger partial charge in [-0.25, -0.2) is 4.98 Å². The van der Waals surface area contributed by atoms with Crippen LogP contribution in [-0.4, -0.2) is 18.6 Å². The Morgan fingerprint density at radius 3 is 2.75 bits per heavy atom. The molecule has 86 valence electrons. The molecule has 1 N–H and O–H groups in total. The summed E-state index contributed by atoms with van der Waals surface area (Å²) in [6.45, 7) is 7.13. The first-order chi connectivity index (χ1) is 7.67. The Hall–Kier alpha value is -1.29. The monoisotopic (exact) mass is 236 g/mol. The van der Waals surface area contributed by atoms with Gasteiger partial charge in [0.05, 0.1) is 11.8 Å². The molecule has 1 heterocycles. The molecular formula is C12H16N2OS. The Balaban J connectivity index is 2.68. The molecule has 0 fully saturated rings.